The maximum Gasteiger partial charge on any atom is 0.234 e. The zero-order chi connectivity index (χ0) is 20.8. The number of anilines is 1. The van der Waals surface area contributed by atoms with E-state index in [4.69, 9.17) is 5.26 Å². The number of carbonyl (C=O) groups is 1. The fourth-order valence-electron chi connectivity index (χ4n) is 3.47. The highest BCUT2D eigenvalue weighted by Crippen LogP contribution is 2.24. The summed E-state index contributed by atoms with van der Waals surface area (Å²) in [5.41, 5.74) is 2.11. The van der Waals surface area contributed by atoms with Crippen LogP contribution in [0.4, 0.5) is 5.69 Å². The Labute approximate surface area is 179 Å². The van der Waals surface area contributed by atoms with Gasteiger partial charge in [-0.05, 0) is 56.3 Å². The first kappa shape index (κ1) is 20.1. The Morgan fingerprint density at radius 1 is 1.10 bits per heavy atom. The van der Waals surface area contributed by atoms with Crippen molar-refractivity contribution in [1.29, 1.82) is 5.26 Å². The minimum Gasteiger partial charge on any atom is -0.325 e. The lowest BCUT2D eigenvalue weighted by Gasteiger charge is -2.16. The van der Waals surface area contributed by atoms with E-state index in [-0.39, 0.29) is 11.7 Å². The normalized spacial score (nSPS) is 13.8. The van der Waals surface area contributed by atoms with E-state index in [0.717, 1.165) is 31.1 Å². The molecule has 1 amide bonds. The van der Waals surface area contributed by atoms with Crippen molar-refractivity contribution in [2.75, 3.05) is 24.2 Å². The number of thioether (sulfide) groups is 1. The van der Waals surface area contributed by atoms with Crippen LogP contribution in [0, 0.1) is 11.3 Å². The van der Waals surface area contributed by atoms with Gasteiger partial charge in [0, 0.05) is 11.4 Å². The molecule has 30 heavy (non-hydrogen) atoms. The summed E-state index contributed by atoms with van der Waals surface area (Å²) < 4.78 is 2.03. The summed E-state index contributed by atoms with van der Waals surface area (Å²) in [7, 11) is 0. The Morgan fingerprint density at radius 3 is 2.67 bits per heavy atom. The zero-order valence-electron chi connectivity index (χ0n) is 16.5. The lowest BCUT2D eigenvalue weighted by molar-refractivity contribution is -0.113. The molecule has 152 valence electrons. The lowest BCUT2D eigenvalue weighted by Crippen LogP contribution is -2.21. The largest absolute Gasteiger partial charge is 0.325 e. The minimum absolute atomic E-state index is 0.154. The van der Waals surface area contributed by atoms with Crippen LogP contribution in [0.5, 0.6) is 0 Å². The average Bonchev–Trinajstić information content (AvgIpc) is 3.43. The van der Waals surface area contributed by atoms with Crippen molar-refractivity contribution in [3.8, 4) is 11.8 Å². The van der Waals surface area contributed by atoms with Crippen molar-refractivity contribution in [2.24, 2.45) is 0 Å². The fraction of sp³-hybridized carbons (Fsp3) is 0.273. The van der Waals surface area contributed by atoms with Crippen LogP contribution >= 0.6 is 11.8 Å². The zero-order valence-corrected chi connectivity index (χ0v) is 17.3. The predicted octanol–water partition coefficient (Wildman–Crippen LogP) is 3.47. The van der Waals surface area contributed by atoms with E-state index in [1.807, 2.05) is 34.9 Å². The second kappa shape index (κ2) is 9.57. The van der Waals surface area contributed by atoms with Gasteiger partial charge in [-0.2, -0.15) is 5.26 Å². The van der Waals surface area contributed by atoms with E-state index in [1.54, 1.807) is 24.3 Å². The van der Waals surface area contributed by atoms with Gasteiger partial charge in [0.1, 0.15) is 0 Å². The molecule has 0 spiro atoms. The van der Waals surface area contributed by atoms with Gasteiger partial charge in [0.15, 0.2) is 11.0 Å². The lowest BCUT2D eigenvalue weighted by atomic mass is 10.2. The highest BCUT2D eigenvalue weighted by molar-refractivity contribution is 7.99. The predicted molar refractivity (Wildman–Crippen MR) is 116 cm³/mol. The van der Waals surface area contributed by atoms with E-state index >= 15 is 0 Å². The molecule has 1 N–H and O–H groups in total. The second-order valence-corrected chi connectivity index (χ2v) is 8.02. The number of rotatable bonds is 7. The van der Waals surface area contributed by atoms with E-state index in [1.165, 1.54) is 24.6 Å². The smallest absolute Gasteiger partial charge is 0.234 e. The molecule has 1 saturated heterocycles. The van der Waals surface area contributed by atoms with Crippen molar-refractivity contribution >= 4 is 23.4 Å². The molecule has 8 heteroatoms. The van der Waals surface area contributed by atoms with E-state index in [2.05, 4.69) is 26.5 Å². The molecule has 1 fully saturated rings. The molecule has 2 heterocycles. The third kappa shape index (κ3) is 4.87. The van der Waals surface area contributed by atoms with Gasteiger partial charge in [0.2, 0.25) is 5.91 Å². The summed E-state index contributed by atoms with van der Waals surface area (Å²) >= 11 is 1.35. The number of likely N-dealkylation sites (tertiary alicyclic amines) is 1. The summed E-state index contributed by atoms with van der Waals surface area (Å²) in [5, 5.41) is 21.3. The van der Waals surface area contributed by atoms with Crippen LogP contribution in [-0.4, -0.2) is 44.4 Å². The summed E-state index contributed by atoms with van der Waals surface area (Å²) in [4.78, 5) is 14.8. The van der Waals surface area contributed by atoms with E-state index in [9.17, 15) is 4.79 Å². The van der Waals surface area contributed by atoms with Crippen molar-refractivity contribution in [3.63, 3.8) is 0 Å². The van der Waals surface area contributed by atoms with Crippen LogP contribution in [0.15, 0.2) is 59.8 Å². The minimum atomic E-state index is -0.154. The molecule has 1 aromatic heterocycles. The van der Waals surface area contributed by atoms with Crippen molar-refractivity contribution in [2.45, 2.75) is 24.5 Å². The molecule has 0 bridgehead atoms. The summed E-state index contributed by atoms with van der Waals surface area (Å²) in [6, 6.07) is 18.9. The van der Waals surface area contributed by atoms with Gasteiger partial charge in [0.05, 0.1) is 23.9 Å². The van der Waals surface area contributed by atoms with Gasteiger partial charge in [-0.3, -0.25) is 14.3 Å². The molecule has 1 aliphatic heterocycles. The molecule has 7 nitrogen and oxygen atoms in total. The number of amides is 1. The van der Waals surface area contributed by atoms with Gasteiger partial charge in [-0.15, -0.1) is 10.2 Å². The Kier molecular flexibility index (Phi) is 6.42. The number of benzene rings is 2. The Balaban J connectivity index is 1.48. The molecule has 2 aromatic carbocycles. The number of nitrogens with one attached hydrogen (secondary N) is 1. The molecule has 4 rings (SSSR count). The topological polar surface area (TPSA) is 86.8 Å². The number of aromatic nitrogens is 3. The first-order valence-electron chi connectivity index (χ1n) is 9.88. The van der Waals surface area contributed by atoms with Gasteiger partial charge in [-0.25, -0.2) is 0 Å². The Bertz CT molecular complexity index is 1050. The maximum atomic E-state index is 12.4. The summed E-state index contributed by atoms with van der Waals surface area (Å²) in [5.74, 6) is 0.928. The quantitative estimate of drug-likeness (QED) is 0.591. The monoisotopic (exact) mass is 418 g/mol. The average molecular weight is 419 g/mol. The number of hydrogen-bond acceptors (Lipinski definition) is 6. The van der Waals surface area contributed by atoms with E-state index < -0.39 is 0 Å². The standard InChI is InChI=1S/C22H22N6OS/c23-14-17-7-6-8-18(13-17)24-21(29)16-30-22-26-25-20(15-27-11-4-5-12-27)28(22)19-9-2-1-3-10-19/h1-3,6-10,13H,4-5,11-12,15-16H2,(H,24,29). The van der Waals surface area contributed by atoms with Crippen LogP contribution in [0.25, 0.3) is 5.69 Å². The molecule has 0 radical (unpaired) electrons. The van der Waals surface area contributed by atoms with Gasteiger partial charge < -0.3 is 5.32 Å². The van der Waals surface area contributed by atoms with Crippen molar-refractivity contribution in [3.05, 3.63) is 66.0 Å². The second-order valence-electron chi connectivity index (χ2n) is 7.08. The first-order valence-corrected chi connectivity index (χ1v) is 10.9. The molecular weight excluding hydrogens is 396 g/mol. The SMILES string of the molecule is N#Cc1cccc(NC(=O)CSc2nnc(CN3CCCC3)n2-c2ccccc2)c1. The molecule has 1 aliphatic rings. The van der Waals surface area contributed by atoms with Crippen LogP contribution in [0.3, 0.4) is 0 Å². The van der Waals surface area contributed by atoms with Crippen LogP contribution in [-0.2, 0) is 11.3 Å². The Morgan fingerprint density at radius 2 is 1.90 bits per heavy atom. The Hall–Kier alpha value is -3.15. The molecular formula is C22H22N6OS. The third-order valence-electron chi connectivity index (χ3n) is 4.89. The van der Waals surface area contributed by atoms with Crippen molar-refractivity contribution in [1.82, 2.24) is 19.7 Å². The summed E-state index contributed by atoms with van der Waals surface area (Å²) in [6.07, 6.45) is 2.43. The molecule has 0 atom stereocenters. The summed E-state index contributed by atoms with van der Waals surface area (Å²) in [6.45, 7) is 2.90. The number of para-hydroxylation sites is 1. The molecule has 0 saturated carbocycles. The van der Waals surface area contributed by atoms with Gasteiger partial charge in [-0.1, -0.05) is 36.0 Å². The number of nitriles is 1. The van der Waals surface area contributed by atoms with Crippen LogP contribution in [0.1, 0.15) is 24.2 Å². The van der Waals surface area contributed by atoms with Gasteiger partial charge in [0.25, 0.3) is 0 Å². The molecule has 0 unspecified atom stereocenters. The highest BCUT2D eigenvalue weighted by Gasteiger charge is 2.20. The van der Waals surface area contributed by atoms with Crippen LogP contribution < -0.4 is 5.32 Å². The van der Waals surface area contributed by atoms with Crippen molar-refractivity contribution < 1.29 is 4.79 Å². The first-order chi connectivity index (χ1) is 14.7. The van der Waals surface area contributed by atoms with E-state index in [0.29, 0.717) is 16.4 Å². The van der Waals surface area contributed by atoms with Crippen LogP contribution in [0.2, 0.25) is 0 Å². The maximum absolute atomic E-state index is 12.4. The molecule has 3 aromatic rings. The highest BCUT2D eigenvalue weighted by atomic mass is 32.2. The number of nitrogens with zero attached hydrogens (tertiary/aromatic N) is 5. The third-order valence-corrected chi connectivity index (χ3v) is 5.82. The number of hydrogen-bond donors (Lipinski definition) is 1. The molecule has 0 aliphatic carbocycles. The van der Waals surface area contributed by atoms with Gasteiger partial charge >= 0.3 is 0 Å². The number of carbonyl (C=O) groups excluding carboxylic acids is 1. The fourth-order valence-corrected chi connectivity index (χ4v) is 4.24.